The third-order valence-corrected chi connectivity index (χ3v) is 3.72. The number of nitrogens with one attached hydrogen (secondary N) is 1. The molecule has 0 aromatic heterocycles. The van der Waals surface area contributed by atoms with Gasteiger partial charge in [-0.05, 0) is 31.2 Å². The topological polar surface area (TPSA) is 49.4 Å². The molecule has 0 saturated carbocycles. The lowest BCUT2D eigenvalue weighted by Crippen LogP contribution is -2.43. The van der Waals surface area contributed by atoms with Crippen LogP contribution in [0.25, 0.3) is 0 Å². The fourth-order valence-corrected chi connectivity index (χ4v) is 2.70. The zero-order valence-electron chi connectivity index (χ0n) is 11.0. The SMILES string of the molecule is CSCC(=O)N1CCC[C@H]1C(=O)Nc1ccccc1. The average Bonchev–Trinajstić information content (AvgIpc) is 2.89. The molecule has 0 spiro atoms. The van der Waals surface area contributed by atoms with Gasteiger partial charge in [-0.15, -0.1) is 0 Å². The summed E-state index contributed by atoms with van der Waals surface area (Å²) in [5.74, 6) is 0.408. The van der Waals surface area contributed by atoms with Gasteiger partial charge < -0.3 is 10.2 Å². The predicted molar refractivity (Wildman–Crippen MR) is 78.2 cm³/mol. The summed E-state index contributed by atoms with van der Waals surface area (Å²) in [7, 11) is 0. The van der Waals surface area contributed by atoms with Crippen LogP contribution in [0.1, 0.15) is 12.8 Å². The number of benzene rings is 1. The Balaban J connectivity index is 2.00. The Kier molecular flexibility index (Phi) is 4.85. The molecule has 4 nitrogen and oxygen atoms in total. The van der Waals surface area contributed by atoms with Crippen LogP contribution in [0.2, 0.25) is 0 Å². The second-order valence-corrected chi connectivity index (χ2v) is 5.40. The molecule has 1 aromatic rings. The highest BCUT2D eigenvalue weighted by Crippen LogP contribution is 2.20. The van der Waals surface area contributed by atoms with Gasteiger partial charge >= 0.3 is 0 Å². The summed E-state index contributed by atoms with van der Waals surface area (Å²) >= 11 is 1.49. The fourth-order valence-electron chi connectivity index (χ4n) is 2.29. The lowest BCUT2D eigenvalue weighted by Gasteiger charge is -2.23. The van der Waals surface area contributed by atoms with E-state index in [9.17, 15) is 9.59 Å². The van der Waals surface area contributed by atoms with E-state index in [1.807, 2.05) is 36.6 Å². The largest absolute Gasteiger partial charge is 0.330 e. The summed E-state index contributed by atoms with van der Waals surface area (Å²) in [6, 6.07) is 9.03. The van der Waals surface area contributed by atoms with Crippen LogP contribution in [0.15, 0.2) is 30.3 Å². The number of amides is 2. The first kappa shape index (κ1) is 13.9. The molecule has 0 bridgehead atoms. The Bertz CT molecular complexity index is 450. The molecule has 5 heteroatoms. The molecular weight excluding hydrogens is 260 g/mol. The van der Waals surface area contributed by atoms with Crippen LogP contribution in [0.4, 0.5) is 5.69 Å². The number of anilines is 1. The summed E-state index contributed by atoms with van der Waals surface area (Å²) in [6.07, 6.45) is 3.54. The lowest BCUT2D eigenvalue weighted by atomic mass is 10.2. The third-order valence-electron chi connectivity index (χ3n) is 3.18. The molecule has 2 amide bonds. The summed E-state index contributed by atoms with van der Waals surface area (Å²) < 4.78 is 0. The van der Waals surface area contributed by atoms with Gasteiger partial charge in [0.25, 0.3) is 0 Å². The smallest absolute Gasteiger partial charge is 0.247 e. The van der Waals surface area contributed by atoms with Crippen LogP contribution in [-0.2, 0) is 9.59 Å². The Hall–Kier alpha value is -1.49. The van der Waals surface area contributed by atoms with Gasteiger partial charge in [0.15, 0.2) is 0 Å². The van der Waals surface area contributed by atoms with Gasteiger partial charge in [0, 0.05) is 12.2 Å². The number of nitrogens with zero attached hydrogens (tertiary/aromatic N) is 1. The fraction of sp³-hybridized carbons (Fsp3) is 0.429. The van der Waals surface area contributed by atoms with Crippen molar-refractivity contribution in [2.45, 2.75) is 18.9 Å². The van der Waals surface area contributed by atoms with Gasteiger partial charge in [0.05, 0.1) is 5.75 Å². The van der Waals surface area contributed by atoms with E-state index in [1.54, 1.807) is 4.90 Å². The zero-order chi connectivity index (χ0) is 13.7. The molecule has 0 radical (unpaired) electrons. The quantitative estimate of drug-likeness (QED) is 0.916. The molecule has 1 N–H and O–H groups in total. The number of likely N-dealkylation sites (tertiary alicyclic amines) is 1. The molecule has 0 aliphatic carbocycles. The zero-order valence-corrected chi connectivity index (χ0v) is 11.8. The van der Waals surface area contributed by atoms with Crippen molar-refractivity contribution in [1.82, 2.24) is 4.90 Å². The van der Waals surface area contributed by atoms with E-state index >= 15 is 0 Å². The summed E-state index contributed by atoms with van der Waals surface area (Å²) in [5.41, 5.74) is 0.775. The van der Waals surface area contributed by atoms with Gasteiger partial charge in [-0.3, -0.25) is 9.59 Å². The van der Waals surface area contributed by atoms with Crippen molar-refractivity contribution in [3.63, 3.8) is 0 Å². The Morgan fingerprint density at radius 1 is 1.37 bits per heavy atom. The van der Waals surface area contributed by atoms with Crippen molar-refractivity contribution in [2.75, 3.05) is 23.9 Å². The average molecular weight is 278 g/mol. The highest BCUT2D eigenvalue weighted by atomic mass is 32.2. The van der Waals surface area contributed by atoms with Gasteiger partial charge in [0.2, 0.25) is 11.8 Å². The first-order chi connectivity index (χ1) is 9.22. The Morgan fingerprint density at radius 2 is 2.11 bits per heavy atom. The molecule has 1 aliphatic heterocycles. The van der Waals surface area contributed by atoms with Crippen molar-refractivity contribution in [1.29, 1.82) is 0 Å². The molecule has 1 aliphatic rings. The molecule has 102 valence electrons. The van der Waals surface area contributed by atoms with Crippen molar-refractivity contribution in [2.24, 2.45) is 0 Å². The maximum Gasteiger partial charge on any atom is 0.247 e. The van der Waals surface area contributed by atoms with Crippen LogP contribution in [0.5, 0.6) is 0 Å². The van der Waals surface area contributed by atoms with Gasteiger partial charge in [-0.2, -0.15) is 11.8 Å². The number of carbonyl (C=O) groups excluding carboxylic acids is 2. The third kappa shape index (κ3) is 3.50. The standard InChI is InChI=1S/C14H18N2O2S/c1-19-10-13(17)16-9-5-8-12(16)14(18)15-11-6-3-2-4-7-11/h2-4,6-7,12H,5,8-10H2,1H3,(H,15,18)/t12-/m0/s1. The summed E-state index contributed by atoms with van der Waals surface area (Å²) in [5, 5.41) is 2.87. The maximum atomic E-state index is 12.2. The van der Waals surface area contributed by atoms with E-state index in [4.69, 9.17) is 0 Å². The van der Waals surface area contributed by atoms with Crippen LogP contribution >= 0.6 is 11.8 Å². The van der Waals surface area contributed by atoms with E-state index in [-0.39, 0.29) is 17.9 Å². The minimum absolute atomic E-state index is 0.0539. The van der Waals surface area contributed by atoms with Gasteiger partial charge in [0.1, 0.15) is 6.04 Å². The second-order valence-electron chi connectivity index (χ2n) is 4.53. The molecule has 0 unspecified atom stereocenters. The highest BCUT2D eigenvalue weighted by Gasteiger charge is 2.33. The molecule has 1 atom stereocenters. The number of carbonyl (C=O) groups is 2. The van der Waals surface area contributed by atoms with Crippen molar-refractivity contribution in [3.8, 4) is 0 Å². The lowest BCUT2D eigenvalue weighted by molar-refractivity contribution is -0.134. The number of para-hydroxylation sites is 1. The Morgan fingerprint density at radius 3 is 2.79 bits per heavy atom. The number of hydrogen-bond donors (Lipinski definition) is 1. The van der Waals surface area contributed by atoms with E-state index in [0.29, 0.717) is 12.3 Å². The van der Waals surface area contributed by atoms with Gasteiger partial charge in [-0.25, -0.2) is 0 Å². The van der Waals surface area contributed by atoms with Crippen molar-refractivity contribution in [3.05, 3.63) is 30.3 Å². The molecule has 1 heterocycles. The van der Waals surface area contributed by atoms with Gasteiger partial charge in [-0.1, -0.05) is 18.2 Å². The molecule has 19 heavy (non-hydrogen) atoms. The molecule has 1 fully saturated rings. The Labute approximate surface area is 117 Å². The number of rotatable bonds is 4. The number of hydrogen-bond acceptors (Lipinski definition) is 3. The first-order valence-electron chi connectivity index (χ1n) is 6.36. The molecule has 1 saturated heterocycles. The molecule has 2 rings (SSSR count). The maximum absolute atomic E-state index is 12.2. The van der Waals surface area contributed by atoms with E-state index < -0.39 is 0 Å². The van der Waals surface area contributed by atoms with Crippen LogP contribution in [0.3, 0.4) is 0 Å². The molecule has 1 aromatic carbocycles. The summed E-state index contributed by atoms with van der Waals surface area (Å²) in [6.45, 7) is 0.687. The number of thioether (sulfide) groups is 1. The van der Waals surface area contributed by atoms with E-state index in [2.05, 4.69) is 5.32 Å². The minimum atomic E-state index is -0.320. The van der Waals surface area contributed by atoms with E-state index in [0.717, 1.165) is 18.5 Å². The van der Waals surface area contributed by atoms with E-state index in [1.165, 1.54) is 11.8 Å². The first-order valence-corrected chi connectivity index (χ1v) is 7.76. The van der Waals surface area contributed by atoms with Crippen LogP contribution in [0, 0.1) is 0 Å². The second kappa shape index (κ2) is 6.61. The van der Waals surface area contributed by atoms with Crippen LogP contribution < -0.4 is 5.32 Å². The summed E-state index contributed by atoms with van der Waals surface area (Å²) in [4.78, 5) is 25.9. The van der Waals surface area contributed by atoms with Crippen molar-refractivity contribution >= 4 is 29.3 Å². The van der Waals surface area contributed by atoms with Crippen LogP contribution in [-0.4, -0.2) is 41.3 Å². The normalized spacial score (nSPS) is 18.4. The molecular formula is C14H18N2O2S. The monoisotopic (exact) mass is 278 g/mol. The highest BCUT2D eigenvalue weighted by molar-refractivity contribution is 7.99. The predicted octanol–water partition coefficient (Wildman–Crippen LogP) is 1.98. The van der Waals surface area contributed by atoms with Crippen molar-refractivity contribution < 1.29 is 9.59 Å². The minimum Gasteiger partial charge on any atom is -0.330 e.